The fraction of sp³-hybridized carbons (Fsp3) is 0.429. The Morgan fingerprint density at radius 1 is 1.32 bits per heavy atom. The molecule has 0 aliphatic heterocycles. The number of nitrogens with two attached hydrogens (primary N) is 1. The average molecular weight is 261 g/mol. The van der Waals surface area contributed by atoms with Crippen molar-refractivity contribution in [1.29, 1.82) is 0 Å². The van der Waals surface area contributed by atoms with Gasteiger partial charge >= 0.3 is 0 Å². The Morgan fingerprint density at radius 2 is 1.95 bits per heavy atom. The van der Waals surface area contributed by atoms with Gasteiger partial charge in [0, 0.05) is 29.8 Å². The van der Waals surface area contributed by atoms with Gasteiger partial charge in [-0.3, -0.25) is 9.59 Å². The number of anilines is 1. The minimum atomic E-state index is -0.224. The molecular weight excluding hydrogens is 242 g/mol. The lowest BCUT2D eigenvalue weighted by Gasteiger charge is -2.10. The molecule has 1 atom stereocenters. The van der Waals surface area contributed by atoms with Gasteiger partial charge in [-0.25, -0.2) is 0 Å². The number of benzene rings is 1. The van der Waals surface area contributed by atoms with E-state index in [1.807, 2.05) is 0 Å². The van der Waals surface area contributed by atoms with E-state index < -0.39 is 0 Å². The Morgan fingerprint density at radius 3 is 2.47 bits per heavy atom. The molecule has 102 valence electrons. The molecule has 5 heteroatoms. The zero-order chi connectivity index (χ0) is 13.8. The summed E-state index contributed by atoms with van der Waals surface area (Å²) in [5.41, 5.74) is 6.71. The first-order valence-corrected chi connectivity index (χ1v) is 6.52. The minimum absolute atomic E-state index is 0.0595. The smallest absolute Gasteiger partial charge is 0.251 e. The minimum Gasteiger partial charge on any atom is -0.349 e. The maximum atomic E-state index is 11.8. The molecule has 0 bridgehead atoms. The Balaban J connectivity index is 1.93. The number of nitrogens with one attached hydrogen (secondary N) is 2. The molecule has 2 rings (SSSR count). The van der Waals surface area contributed by atoms with Crippen molar-refractivity contribution in [2.75, 3.05) is 11.9 Å². The molecule has 0 radical (unpaired) electrons. The van der Waals surface area contributed by atoms with Gasteiger partial charge in [-0.15, -0.1) is 0 Å². The molecule has 1 aromatic carbocycles. The van der Waals surface area contributed by atoms with E-state index in [1.54, 1.807) is 31.2 Å². The van der Waals surface area contributed by atoms with Crippen molar-refractivity contribution in [2.24, 2.45) is 11.7 Å². The number of carbonyl (C=O) groups excluding carboxylic acids is 2. The summed E-state index contributed by atoms with van der Waals surface area (Å²) in [5.74, 6) is -0.397. The molecule has 0 saturated heterocycles. The molecule has 0 aromatic heterocycles. The molecular formula is C14H19N3O2. The van der Waals surface area contributed by atoms with Crippen LogP contribution in [0.4, 0.5) is 5.69 Å². The molecule has 19 heavy (non-hydrogen) atoms. The molecule has 0 spiro atoms. The SMILES string of the molecule is CC(CN)C(=O)Nc1ccc(C(=O)NC2CC2)cc1. The highest BCUT2D eigenvalue weighted by Gasteiger charge is 2.23. The molecule has 5 nitrogen and oxygen atoms in total. The van der Waals surface area contributed by atoms with Crippen LogP contribution in [-0.4, -0.2) is 24.4 Å². The molecule has 1 fully saturated rings. The maximum Gasteiger partial charge on any atom is 0.251 e. The molecule has 0 heterocycles. The number of amides is 2. The molecule has 1 saturated carbocycles. The third kappa shape index (κ3) is 3.79. The van der Waals surface area contributed by atoms with Gasteiger partial charge in [0.2, 0.25) is 5.91 Å². The highest BCUT2D eigenvalue weighted by atomic mass is 16.2. The van der Waals surface area contributed by atoms with Crippen LogP contribution in [0, 0.1) is 5.92 Å². The van der Waals surface area contributed by atoms with Gasteiger partial charge in [0.25, 0.3) is 5.91 Å². The standard InChI is InChI=1S/C14H19N3O2/c1-9(8-15)13(18)16-11-4-2-10(3-5-11)14(19)17-12-6-7-12/h2-5,9,12H,6-8,15H2,1H3,(H,16,18)(H,17,19). The lowest BCUT2D eigenvalue weighted by molar-refractivity contribution is -0.119. The van der Waals surface area contributed by atoms with E-state index in [2.05, 4.69) is 10.6 Å². The molecule has 1 aliphatic carbocycles. The van der Waals surface area contributed by atoms with Crippen LogP contribution in [0.1, 0.15) is 30.1 Å². The third-order valence-corrected chi connectivity index (χ3v) is 3.13. The molecule has 2 amide bonds. The maximum absolute atomic E-state index is 11.8. The van der Waals surface area contributed by atoms with E-state index in [-0.39, 0.29) is 17.7 Å². The van der Waals surface area contributed by atoms with Crippen molar-refractivity contribution in [1.82, 2.24) is 5.32 Å². The normalized spacial score (nSPS) is 15.7. The Labute approximate surface area is 112 Å². The number of hydrogen-bond acceptors (Lipinski definition) is 3. The van der Waals surface area contributed by atoms with Crippen molar-refractivity contribution in [3.63, 3.8) is 0 Å². The highest BCUT2D eigenvalue weighted by Crippen LogP contribution is 2.19. The molecule has 1 aliphatic rings. The first-order chi connectivity index (χ1) is 9.10. The van der Waals surface area contributed by atoms with Gasteiger partial charge in [-0.1, -0.05) is 6.92 Å². The Hall–Kier alpha value is -1.88. The number of hydrogen-bond donors (Lipinski definition) is 3. The lowest BCUT2D eigenvalue weighted by atomic mass is 10.1. The van der Waals surface area contributed by atoms with Crippen LogP contribution in [0.25, 0.3) is 0 Å². The number of rotatable bonds is 5. The highest BCUT2D eigenvalue weighted by molar-refractivity contribution is 5.96. The summed E-state index contributed by atoms with van der Waals surface area (Å²) in [7, 11) is 0. The summed E-state index contributed by atoms with van der Waals surface area (Å²) < 4.78 is 0. The largest absolute Gasteiger partial charge is 0.349 e. The van der Waals surface area contributed by atoms with Crippen LogP contribution >= 0.6 is 0 Å². The van der Waals surface area contributed by atoms with Crippen LogP contribution in [0.3, 0.4) is 0 Å². The fourth-order valence-electron chi connectivity index (χ4n) is 1.57. The van der Waals surface area contributed by atoms with Crippen molar-refractivity contribution in [3.8, 4) is 0 Å². The summed E-state index contributed by atoms with van der Waals surface area (Å²) in [4.78, 5) is 23.4. The van der Waals surface area contributed by atoms with Crippen LogP contribution < -0.4 is 16.4 Å². The van der Waals surface area contributed by atoms with Gasteiger partial charge in [-0.05, 0) is 37.1 Å². The zero-order valence-corrected chi connectivity index (χ0v) is 11.0. The van der Waals surface area contributed by atoms with Gasteiger partial charge in [0.05, 0.1) is 0 Å². The Kier molecular flexibility index (Phi) is 4.16. The van der Waals surface area contributed by atoms with Gasteiger partial charge in [0.1, 0.15) is 0 Å². The monoisotopic (exact) mass is 261 g/mol. The van der Waals surface area contributed by atoms with Gasteiger partial charge in [-0.2, -0.15) is 0 Å². The van der Waals surface area contributed by atoms with E-state index in [9.17, 15) is 9.59 Å². The van der Waals surface area contributed by atoms with Crippen LogP contribution in [0.2, 0.25) is 0 Å². The number of carbonyl (C=O) groups is 2. The summed E-state index contributed by atoms with van der Waals surface area (Å²) in [6.07, 6.45) is 2.13. The first-order valence-electron chi connectivity index (χ1n) is 6.52. The van der Waals surface area contributed by atoms with Crippen molar-refractivity contribution < 1.29 is 9.59 Å². The van der Waals surface area contributed by atoms with E-state index >= 15 is 0 Å². The third-order valence-electron chi connectivity index (χ3n) is 3.13. The van der Waals surface area contributed by atoms with Crippen molar-refractivity contribution in [3.05, 3.63) is 29.8 Å². The van der Waals surface area contributed by atoms with Crippen LogP contribution in [0.5, 0.6) is 0 Å². The topological polar surface area (TPSA) is 84.2 Å². The van der Waals surface area contributed by atoms with Crippen molar-refractivity contribution in [2.45, 2.75) is 25.8 Å². The summed E-state index contributed by atoms with van der Waals surface area (Å²) in [6.45, 7) is 2.08. The summed E-state index contributed by atoms with van der Waals surface area (Å²) >= 11 is 0. The van der Waals surface area contributed by atoms with Crippen LogP contribution in [-0.2, 0) is 4.79 Å². The van der Waals surface area contributed by atoms with E-state index in [4.69, 9.17) is 5.73 Å². The van der Waals surface area contributed by atoms with Crippen LogP contribution in [0.15, 0.2) is 24.3 Å². The molecule has 1 unspecified atom stereocenters. The van der Waals surface area contributed by atoms with Crippen molar-refractivity contribution >= 4 is 17.5 Å². The second-order valence-electron chi connectivity index (χ2n) is 4.95. The molecule has 4 N–H and O–H groups in total. The van der Waals surface area contributed by atoms with E-state index in [1.165, 1.54) is 0 Å². The Bertz CT molecular complexity index is 466. The van der Waals surface area contributed by atoms with Gasteiger partial charge < -0.3 is 16.4 Å². The predicted octanol–water partition coefficient (Wildman–Crippen LogP) is 1.11. The van der Waals surface area contributed by atoms with Gasteiger partial charge in [0.15, 0.2) is 0 Å². The van der Waals surface area contributed by atoms with E-state index in [0.29, 0.717) is 23.8 Å². The summed E-state index contributed by atoms with van der Waals surface area (Å²) in [6, 6.07) is 7.21. The fourth-order valence-corrected chi connectivity index (χ4v) is 1.57. The zero-order valence-electron chi connectivity index (χ0n) is 11.0. The predicted molar refractivity (Wildman–Crippen MR) is 73.8 cm³/mol. The first kappa shape index (κ1) is 13.5. The van der Waals surface area contributed by atoms with E-state index in [0.717, 1.165) is 12.8 Å². The summed E-state index contributed by atoms with van der Waals surface area (Å²) in [5, 5.41) is 5.68. The quantitative estimate of drug-likeness (QED) is 0.742. The average Bonchev–Trinajstić information content (AvgIpc) is 3.22. The second-order valence-corrected chi connectivity index (χ2v) is 4.95. The second kappa shape index (κ2) is 5.84. The lowest BCUT2D eigenvalue weighted by Crippen LogP contribution is -2.27. The molecule has 1 aromatic rings.